The Balaban J connectivity index is 2.64. The zero-order chi connectivity index (χ0) is 10.6. The lowest BCUT2D eigenvalue weighted by Gasteiger charge is -2.11. The van der Waals surface area contributed by atoms with E-state index in [4.69, 9.17) is 5.73 Å². The van der Waals surface area contributed by atoms with Crippen LogP contribution in [0.2, 0.25) is 0 Å². The Bertz CT molecular complexity index is 329. The van der Waals surface area contributed by atoms with Crippen molar-refractivity contribution in [3.05, 3.63) is 48.0 Å². The Morgan fingerprint density at radius 1 is 1.43 bits per heavy atom. The summed E-state index contributed by atoms with van der Waals surface area (Å²) in [6.07, 6.45) is 0.624. The highest BCUT2D eigenvalue weighted by Gasteiger charge is 2.09. The molecule has 1 amide bonds. The van der Waals surface area contributed by atoms with E-state index in [1.807, 2.05) is 30.3 Å². The monoisotopic (exact) mass is 189 g/mol. The van der Waals surface area contributed by atoms with E-state index in [-0.39, 0.29) is 5.92 Å². The zero-order valence-corrected chi connectivity index (χ0v) is 8.36. The maximum atomic E-state index is 10.8. The minimum Gasteiger partial charge on any atom is -0.366 e. The fraction of sp³-hybridized carbons (Fsp3) is 0.250. The molecule has 0 saturated heterocycles. The largest absolute Gasteiger partial charge is 0.366 e. The van der Waals surface area contributed by atoms with Crippen molar-refractivity contribution in [1.29, 1.82) is 0 Å². The molecule has 1 aromatic rings. The molecule has 0 saturated carbocycles. The molecule has 0 aromatic heterocycles. The van der Waals surface area contributed by atoms with Crippen molar-refractivity contribution in [1.82, 2.24) is 0 Å². The van der Waals surface area contributed by atoms with Gasteiger partial charge in [0.25, 0.3) is 0 Å². The van der Waals surface area contributed by atoms with Crippen LogP contribution in [0.15, 0.2) is 42.5 Å². The number of benzene rings is 1. The molecule has 0 radical (unpaired) electrons. The second-order valence-corrected chi connectivity index (χ2v) is 3.48. The highest BCUT2D eigenvalue weighted by Crippen LogP contribution is 2.21. The van der Waals surface area contributed by atoms with Crippen LogP contribution in [0.5, 0.6) is 0 Å². The number of nitrogens with two attached hydrogens (primary N) is 1. The summed E-state index contributed by atoms with van der Waals surface area (Å²) in [7, 11) is 0. The maximum Gasteiger partial charge on any atom is 0.244 e. The van der Waals surface area contributed by atoms with Crippen molar-refractivity contribution in [3.63, 3.8) is 0 Å². The summed E-state index contributed by atoms with van der Waals surface area (Å²) in [5.41, 5.74) is 6.81. The van der Waals surface area contributed by atoms with Gasteiger partial charge in [0.05, 0.1) is 0 Å². The van der Waals surface area contributed by atoms with Crippen molar-refractivity contribution in [2.75, 3.05) is 0 Å². The molecule has 0 unspecified atom stereocenters. The number of hydrogen-bond donors (Lipinski definition) is 1. The SMILES string of the molecule is C=C(C[C@H](C)c1ccccc1)C(N)=O. The Morgan fingerprint density at radius 3 is 2.50 bits per heavy atom. The van der Waals surface area contributed by atoms with Crippen LogP contribution in [0.25, 0.3) is 0 Å². The van der Waals surface area contributed by atoms with Crippen LogP contribution in [0.4, 0.5) is 0 Å². The summed E-state index contributed by atoms with van der Waals surface area (Å²) >= 11 is 0. The molecule has 0 aliphatic heterocycles. The predicted molar refractivity (Wildman–Crippen MR) is 57.8 cm³/mol. The Hall–Kier alpha value is -1.57. The first-order chi connectivity index (χ1) is 6.61. The fourth-order valence-electron chi connectivity index (χ4n) is 1.37. The number of rotatable bonds is 4. The number of carbonyl (C=O) groups is 1. The quantitative estimate of drug-likeness (QED) is 0.725. The third-order valence-corrected chi connectivity index (χ3v) is 2.27. The molecule has 2 heteroatoms. The molecule has 0 fully saturated rings. The van der Waals surface area contributed by atoms with Crippen LogP contribution in [-0.2, 0) is 4.79 Å². The second-order valence-electron chi connectivity index (χ2n) is 3.48. The van der Waals surface area contributed by atoms with Crippen molar-refractivity contribution >= 4 is 5.91 Å². The first-order valence-corrected chi connectivity index (χ1v) is 4.63. The van der Waals surface area contributed by atoms with Gasteiger partial charge in [0.15, 0.2) is 0 Å². The minimum atomic E-state index is -0.409. The molecule has 0 heterocycles. The van der Waals surface area contributed by atoms with Gasteiger partial charge in [-0.15, -0.1) is 0 Å². The van der Waals surface area contributed by atoms with E-state index in [1.54, 1.807) is 0 Å². The molecule has 2 N–H and O–H groups in total. The van der Waals surface area contributed by atoms with Gasteiger partial charge in [-0.25, -0.2) is 0 Å². The molecule has 0 bridgehead atoms. The fourth-order valence-corrected chi connectivity index (χ4v) is 1.37. The van der Waals surface area contributed by atoms with Crippen molar-refractivity contribution in [2.45, 2.75) is 19.3 Å². The van der Waals surface area contributed by atoms with Gasteiger partial charge < -0.3 is 5.73 Å². The number of amides is 1. The van der Waals surface area contributed by atoms with Crippen LogP contribution in [0.1, 0.15) is 24.8 Å². The number of hydrogen-bond acceptors (Lipinski definition) is 1. The van der Waals surface area contributed by atoms with E-state index < -0.39 is 5.91 Å². The van der Waals surface area contributed by atoms with Crippen LogP contribution in [0.3, 0.4) is 0 Å². The van der Waals surface area contributed by atoms with E-state index in [9.17, 15) is 4.79 Å². The molecule has 0 aliphatic rings. The van der Waals surface area contributed by atoms with Gasteiger partial charge in [-0.1, -0.05) is 43.8 Å². The molecular weight excluding hydrogens is 174 g/mol. The predicted octanol–water partition coefficient (Wildman–Crippen LogP) is 2.22. The van der Waals surface area contributed by atoms with Gasteiger partial charge >= 0.3 is 0 Å². The Kier molecular flexibility index (Phi) is 3.46. The molecule has 0 aliphatic carbocycles. The first kappa shape index (κ1) is 10.5. The minimum absolute atomic E-state index is 0.288. The van der Waals surface area contributed by atoms with Gasteiger partial charge in [0.2, 0.25) is 5.91 Å². The molecule has 1 atom stereocenters. The molecule has 1 rings (SSSR count). The lowest BCUT2D eigenvalue weighted by atomic mass is 9.94. The molecule has 0 spiro atoms. The molecule has 2 nitrogen and oxygen atoms in total. The Morgan fingerprint density at radius 2 is 2.00 bits per heavy atom. The van der Waals surface area contributed by atoms with Gasteiger partial charge in [-0.2, -0.15) is 0 Å². The summed E-state index contributed by atoms with van der Waals surface area (Å²) in [4.78, 5) is 10.8. The molecule has 14 heavy (non-hydrogen) atoms. The average Bonchev–Trinajstić information content (AvgIpc) is 2.19. The zero-order valence-electron chi connectivity index (χ0n) is 8.36. The highest BCUT2D eigenvalue weighted by molar-refractivity contribution is 5.91. The molecular formula is C12H15NO. The lowest BCUT2D eigenvalue weighted by molar-refractivity contribution is -0.114. The van der Waals surface area contributed by atoms with Gasteiger partial charge in [-0.05, 0) is 17.9 Å². The van der Waals surface area contributed by atoms with Gasteiger partial charge in [0, 0.05) is 5.57 Å². The van der Waals surface area contributed by atoms with E-state index in [2.05, 4.69) is 13.5 Å². The normalized spacial score (nSPS) is 12.1. The van der Waals surface area contributed by atoms with Crippen LogP contribution in [-0.4, -0.2) is 5.91 Å². The van der Waals surface area contributed by atoms with Gasteiger partial charge in [0.1, 0.15) is 0 Å². The standard InChI is InChI=1S/C12H15NO/c1-9(8-10(2)12(13)14)11-6-4-3-5-7-11/h3-7,9H,2,8H2,1H3,(H2,13,14)/t9-/m0/s1. The Labute approximate surface area is 84.4 Å². The summed E-state index contributed by atoms with van der Waals surface area (Å²) in [5.74, 6) is -0.121. The molecule has 1 aromatic carbocycles. The van der Waals surface area contributed by atoms with Crippen LogP contribution < -0.4 is 5.73 Å². The summed E-state index contributed by atoms with van der Waals surface area (Å²) in [6, 6.07) is 10.0. The lowest BCUT2D eigenvalue weighted by Crippen LogP contribution is -2.14. The first-order valence-electron chi connectivity index (χ1n) is 4.63. The average molecular weight is 189 g/mol. The third-order valence-electron chi connectivity index (χ3n) is 2.27. The number of primary amides is 1. The topological polar surface area (TPSA) is 43.1 Å². The van der Waals surface area contributed by atoms with E-state index in [0.717, 1.165) is 0 Å². The van der Waals surface area contributed by atoms with Crippen LogP contribution in [0, 0.1) is 0 Å². The van der Waals surface area contributed by atoms with E-state index in [1.165, 1.54) is 5.56 Å². The highest BCUT2D eigenvalue weighted by atomic mass is 16.1. The van der Waals surface area contributed by atoms with Crippen molar-refractivity contribution in [3.8, 4) is 0 Å². The summed E-state index contributed by atoms with van der Waals surface area (Å²) in [6.45, 7) is 5.70. The second kappa shape index (κ2) is 4.61. The van der Waals surface area contributed by atoms with E-state index >= 15 is 0 Å². The van der Waals surface area contributed by atoms with Crippen molar-refractivity contribution in [2.24, 2.45) is 5.73 Å². The smallest absolute Gasteiger partial charge is 0.244 e. The summed E-state index contributed by atoms with van der Waals surface area (Å²) in [5, 5.41) is 0. The number of carbonyl (C=O) groups excluding carboxylic acids is 1. The van der Waals surface area contributed by atoms with Crippen molar-refractivity contribution < 1.29 is 4.79 Å². The molecule has 74 valence electrons. The van der Waals surface area contributed by atoms with Gasteiger partial charge in [-0.3, -0.25) is 4.79 Å². The maximum absolute atomic E-state index is 10.8. The summed E-state index contributed by atoms with van der Waals surface area (Å²) < 4.78 is 0. The van der Waals surface area contributed by atoms with E-state index in [0.29, 0.717) is 12.0 Å². The third kappa shape index (κ3) is 2.73. The van der Waals surface area contributed by atoms with Crippen LogP contribution >= 0.6 is 0 Å².